The molecule has 1 N–H and O–H groups in total. The number of nitrogens with one attached hydrogen (secondary N) is 1. The minimum absolute atomic E-state index is 0.639. The highest BCUT2D eigenvalue weighted by atomic mass is 35.5. The Balaban J connectivity index is 2.27. The number of halogens is 2. The Kier molecular flexibility index (Phi) is 4.34. The first kappa shape index (κ1) is 12.8. The van der Waals surface area contributed by atoms with E-state index in [1.54, 1.807) is 18.2 Å². The van der Waals surface area contributed by atoms with Gasteiger partial charge in [0.05, 0.1) is 5.02 Å². The molecule has 0 spiro atoms. The lowest BCUT2D eigenvalue weighted by molar-refractivity contribution is 0.715. The zero-order valence-corrected chi connectivity index (χ0v) is 11.5. The molecule has 90 valence electrons. The van der Waals surface area contributed by atoms with E-state index in [2.05, 4.69) is 22.4 Å². The van der Waals surface area contributed by atoms with Crippen LogP contribution in [0.1, 0.15) is 11.9 Å². The first-order valence-corrected chi connectivity index (χ1v) is 6.76. The highest BCUT2D eigenvalue weighted by molar-refractivity contribution is 7.14. The average Bonchev–Trinajstić information content (AvgIpc) is 2.78. The summed E-state index contributed by atoms with van der Waals surface area (Å²) < 4.78 is 0. The summed E-state index contributed by atoms with van der Waals surface area (Å²) in [4.78, 5) is 0. The van der Waals surface area contributed by atoms with Crippen LogP contribution in [0.2, 0.25) is 10.0 Å². The van der Waals surface area contributed by atoms with Gasteiger partial charge in [-0.3, -0.25) is 0 Å². The van der Waals surface area contributed by atoms with Gasteiger partial charge in [0.2, 0.25) is 0 Å². The molecule has 2 rings (SSSR count). The molecule has 0 bridgehead atoms. The van der Waals surface area contributed by atoms with Crippen molar-refractivity contribution in [3.05, 3.63) is 33.3 Å². The van der Waals surface area contributed by atoms with E-state index < -0.39 is 0 Å². The van der Waals surface area contributed by atoms with Crippen LogP contribution in [0.15, 0.2) is 18.2 Å². The average molecular weight is 288 g/mol. The number of benzene rings is 1. The van der Waals surface area contributed by atoms with Crippen LogP contribution >= 0.6 is 34.5 Å². The molecule has 0 unspecified atom stereocenters. The minimum Gasteiger partial charge on any atom is -0.311 e. The first-order valence-electron chi connectivity index (χ1n) is 5.19. The fourth-order valence-electron chi connectivity index (χ4n) is 1.33. The van der Waals surface area contributed by atoms with Crippen molar-refractivity contribution in [1.82, 2.24) is 15.5 Å². The van der Waals surface area contributed by atoms with Gasteiger partial charge in [-0.15, -0.1) is 10.2 Å². The fraction of sp³-hybridized carbons (Fsp3) is 0.273. The predicted molar refractivity (Wildman–Crippen MR) is 72.7 cm³/mol. The molecule has 6 heteroatoms. The van der Waals surface area contributed by atoms with Gasteiger partial charge in [-0.25, -0.2) is 0 Å². The second-order valence-electron chi connectivity index (χ2n) is 3.41. The molecule has 0 fully saturated rings. The highest BCUT2D eigenvalue weighted by Gasteiger charge is 2.10. The molecule has 0 amide bonds. The van der Waals surface area contributed by atoms with Gasteiger partial charge in [-0.1, -0.05) is 41.5 Å². The van der Waals surface area contributed by atoms with Crippen LogP contribution in [0.5, 0.6) is 0 Å². The molecular weight excluding hydrogens is 277 g/mol. The van der Waals surface area contributed by atoms with Gasteiger partial charge in [0, 0.05) is 17.1 Å². The third kappa shape index (κ3) is 3.16. The Morgan fingerprint density at radius 3 is 2.88 bits per heavy atom. The van der Waals surface area contributed by atoms with E-state index in [0.29, 0.717) is 10.0 Å². The number of hydrogen-bond donors (Lipinski definition) is 1. The maximum atomic E-state index is 6.11. The van der Waals surface area contributed by atoms with Gasteiger partial charge in [0.1, 0.15) is 10.0 Å². The van der Waals surface area contributed by atoms with Crippen LogP contribution in [0.25, 0.3) is 10.6 Å². The fourth-order valence-corrected chi connectivity index (χ4v) is 2.60. The van der Waals surface area contributed by atoms with Crippen molar-refractivity contribution in [3.8, 4) is 10.6 Å². The zero-order valence-electron chi connectivity index (χ0n) is 9.20. The maximum Gasteiger partial charge on any atom is 0.149 e. The van der Waals surface area contributed by atoms with E-state index in [-0.39, 0.29) is 0 Å². The summed E-state index contributed by atoms with van der Waals surface area (Å²) in [6, 6.07) is 5.33. The van der Waals surface area contributed by atoms with E-state index >= 15 is 0 Å². The summed E-state index contributed by atoms with van der Waals surface area (Å²) in [5.41, 5.74) is 0.833. The Bertz CT molecular complexity index is 513. The van der Waals surface area contributed by atoms with Crippen LogP contribution < -0.4 is 5.32 Å². The molecule has 0 saturated carbocycles. The van der Waals surface area contributed by atoms with Crippen LogP contribution in [0.3, 0.4) is 0 Å². The standard InChI is InChI=1S/C11H11Cl2N3S/c1-2-14-6-10-15-16-11(17-10)8-5-7(12)3-4-9(8)13/h3-5,14H,2,6H2,1H3. The lowest BCUT2D eigenvalue weighted by Gasteiger charge is -1.99. The van der Waals surface area contributed by atoms with Gasteiger partial charge in [-0.05, 0) is 24.7 Å². The maximum absolute atomic E-state index is 6.11. The topological polar surface area (TPSA) is 37.8 Å². The quantitative estimate of drug-likeness (QED) is 0.933. The van der Waals surface area contributed by atoms with Crippen LogP contribution in [-0.4, -0.2) is 16.7 Å². The summed E-state index contributed by atoms with van der Waals surface area (Å²) in [5, 5.41) is 14.5. The van der Waals surface area contributed by atoms with Crippen molar-refractivity contribution in [1.29, 1.82) is 0 Å². The minimum atomic E-state index is 0.639. The molecule has 0 atom stereocenters. The van der Waals surface area contributed by atoms with Crippen molar-refractivity contribution in [2.75, 3.05) is 6.54 Å². The lowest BCUT2D eigenvalue weighted by atomic mass is 10.2. The molecule has 0 radical (unpaired) electrons. The second-order valence-corrected chi connectivity index (χ2v) is 5.31. The van der Waals surface area contributed by atoms with Crippen molar-refractivity contribution in [2.45, 2.75) is 13.5 Å². The van der Waals surface area contributed by atoms with Crippen molar-refractivity contribution in [2.24, 2.45) is 0 Å². The SMILES string of the molecule is CCNCc1nnc(-c2cc(Cl)ccc2Cl)s1. The van der Waals surface area contributed by atoms with Gasteiger partial charge in [0.25, 0.3) is 0 Å². The van der Waals surface area contributed by atoms with Gasteiger partial charge < -0.3 is 5.32 Å². The first-order chi connectivity index (χ1) is 8.20. The molecule has 2 aromatic rings. The molecule has 3 nitrogen and oxygen atoms in total. The van der Waals surface area contributed by atoms with Crippen LogP contribution in [0.4, 0.5) is 0 Å². The van der Waals surface area contributed by atoms with E-state index in [4.69, 9.17) is 23.2 Å². The van der Waals surface area contributed by atoms with E-state index in [1.165, 1.54) is 11.3 Å². The number of aromatic nitrogens is 2. The number of rotatable bonds is 4. The van der Waals surface area contributed by atoms with Crippen LogP contribution in [0, 0.1) is 0 Å². The second kappa shape index (κ2) is 5.78. The third-order valence-corrected chi connectivity index (χ3v) is 3.67. The van der Waals surface area contributed by atoms with Crippen molar-refractivity contribution < 1.29 is 0 Å². The summed E-state index contributed by atoms with van der Waals surface area (Å²) >= 11 is 13.6. The predicted octanol–water partition coefficient (Wildman–Crippen LogP) is 3.62. The molecule has 0 aliphatic carbocycles. The normalized spacial score (nSPS) is 10.8. The lowest BCUT2D eigenvalue weighted by Crippen LogP contribution is -2.11. The number of nitrogens with zero attached hydrogens (tertiary/aromatic N) is 2. The van der Waals surface area contributed by atoms with E-state index in [9.17, 15) is 0 Å². The van der Waals surface area contributed by atoms with Crippen molar-refractivity contribution in [3.63, 3.8) is 0 Å². The Morgan fingerprint density at radius 1 is 1.29 bits per heavy atom. The third-order valence-electron chi connectivity index (χ3n) is 2.15. The molecule has 1 aromatic carbocycles. The van der Waals surface area contributed by atoms with E-state index in [1.807, 2.05) is 0 Å². The molecule has 17 heavy (non-hydrogen) atoms. The molecule has 0 aliphatic rings. The Labute approximate surface area is 114 Å². The Morgan fingerprint density at radius 2 is 2.12 bits per heavy atom. The smallest absolute Gasteiger partial charge is 0.149 e. The summed E-state index contributed by atoms with van der Waals surface area (Å²) in [7, 11) is 0. The van der Waals surface area contributed by atoms with Gasteiger partial charge in [-0.2, -0.15) is 0 Å². The summed E-state index contributed by atoms with van der Waals surface area (Å²) in [6.45, 7) is 3.69. The molecule has 0 saturated heterocycles. The summed E-state index contributed by atoms with van der Waals surface area (Å²) in [6.07, 6.45) is 0. The molecular formula is C11H11Cl2N3S. The van der Waals surface area contributed by atoms with E-state index in [0.717, 1.165) is 28.7 Å². The molecule has 1 heterocycles. The van der Waals surface area contributed by atoms with Gasteiger partial charge >= 0.3 is 0 Å². The Hall–Kier alpha value is -0.680. The van der Waals surface area contributed by atoms with Crippen LogP contribution in [-0.2, 0) is 6.54 Å². The highest BCUT2D eigenvalue weighted by Crippen LogP contribution is 2.32. The molecule has 0 aliphatic heterocycles. The summed E-state index contributed by atoms with van der Waals surface area (Å²) in [5.74, 6) is 0. The number of hydrogen-bond acceptors (Lipinski definition) is 4. The van der Waals surface area contributed by atoms with Crippen molar-refractivity contribution >= 4 is 34.5 Å². The zero-order chi connectivity index (χ0) is 12.3. The van der Waals surface area contributed by atoms with Gasteiger partial charge in [0.15, 0.2) is 0 Å². The molecule has 1 aromatic heterocycles. The largest absolute Gasteiger partial charge is 0.311 e. The monoisotopic (exact) mass is 287 g/mol.